The third-order valence-corrected chi connectivity index (χ3v) is 4.68. The zero-order valence-electron chi connectivity index (χ0n) is 13.9. The lowest BCUT2D eigenvalue weighted by Gasteiger charge is -2.27. The lowest BCUT2D eigenvalue weighted by molar-refractivity contribution is 1.27. The molecule has 0 radical (unpaired) electrons. The van der Waals surface area contributed by atoms with Gasteiger partial charge in [0.05, 0.1) is 5.69 Å². The molecule has 1 aliphatic rings. The normalized spacial score (nSPS) is 13.9. The van der Waals surface area contributed by atoms with Gasteiger partial charge in [0, 0.05) is 5.69 Å². The molecule has 0 saturated heterocycles. The minimum atomic E-state index is 0.279. The third-order valence-electron chi connectivity index (χ3n) is 4.68. The average molecular weight is 278 g/mol. The fourth-order valence-electron chi connectivity index (χ4n) is 3.89. The summed E-state index contributed by atoms with van der Waals surface area (Å²) in [7, 11) is 4.41. The van der Waals surface area contributed by atoms with Crippen molar-refractivity contribution in [2.45, 2.75) is 27.7 Å². The summed E-state index contributed by atoms with van der Waals surface area (Å²) in [4.78, 5) is 4.81. The molecule has 1 aliphatic heterocycles. The van der Waals surface area contributed by atoms with Crippen molar-refractivity contribution >= 4 is 23.8 Å². The topological polar surface area (TPSA) is 6.48 Å². The van der Waals surface area contributed by atoms with Crippen molar-refractivity contribution in [2.24, 2.45) is 0 Å². The molecular weight excluding hydrogens is 255 g/mol. The van der Waals surface area contributed by atoms with E-state index >= 15 is 0 Å². The van der Waals surface area contributed by atoms with Gasteiger partial charge in [-0.2, -0.15) is 0 Å². The van der Waals surface area contributed by atoms with Crippen LogP contribution in [-0.2, 0) is 0 Å². The second-order valence-corrected chi connectivity index (χ2v) is 6.35. The van der Waals surface area contributed by atoms with Crippen LogP contribution in [0.2, 0.25) is 0 Å². The number of rotatable bonds is 1. The van der Waals surface area contributed by atoms with Crippen LogP contribution in [0.25, 0.3) is 0 Å². The second-order valence-electron chi connectivity index (χ2n) is 6.35. The number of hydrogen-bond donors (Lipinski definition) is 0. The fraction of sp³-hybridized carbons (Fsp3) is 0.333. The van der Waals surface area contributed by atoms with Gasteiger partial charge in [0.25, 0.3) is 0 Å². The first-order chi connectivity index (χ1) is 9.91. The van der Waals surface area contributed by atoms with Crippen molar-refractivity contribution in [3.05, 3.63) is 52.6 Å². The smallest absolute Gasteiger partial charge is 0.393 e. The Labute approximate surface area is 128 Å². The Morgan fingerprint density at radius 3 is 2.00 bits per heavy atom. The van der Waals surface area contributed by atoms with E-state index in [9.17, 15) is 0 Å². The minimum absolute atomic E-state index is 0.279. The maximum atomic E-state index is 2.41. The zero-order valence-corrected chi connectivity index (χ0v) is 13.9. The maximum absolute atomic E-state index is 2.41. The maximum Gasteiger partial charge on any atom is 0.411 e. The number of aryl methyl sites for hydroxylation is 4. The summed E-state index contributed by atoms with van der Waals surface area (Å²) in [6, 6.07) is 11.1. The average Bonchev–Trinajstić information content (AvgIpc) is 2.64. The molecule has 1 heterocycles. The van der Waals surface area contributed by atoms with Gasteiger partial charge >= 0.3 is 6.98 Å². The summed E-state index contributed by atoms with van der Waals surface area (Å²) in [6.45, 7) is 9.10. The van der Waals surface area contributed by atoms with Crippen molar-refractivity contribution in [3.63, 3.8) is 0 Å². The molecule has 21 heavy (non-hydrogen) atoms. The first-order valence-corrected chi connectivity index (χ1v) is 7.55. The standard InChI is InChI=1S/C18H23BN2/c1-12-10-14(3)17(15(4)11-12)19-20(5)16-9-7-8-13(2)18(16)21(19)6/h7-11H,1-6H3. The monoisotopic (exact) mass is 278 g/mol. The Balaban J connectivity index is 2.17. The SMILES string of the molecule is Cc1cc(C)c(B2N(C)c3cccc(C)c3N2C)c(C)c1. The summed E-state index contributed by atoms with van der Waals surface area (Å²) < 4.78 is 0. The third kappa shape index (κ3) is 2.03. The summed E-state index contributed by atoms with van der Waals surface area (Å²) in [5.74, 6) is 0. The first-order valence-electron chi connectivity index (χ1n) is 7.55. The summed E-state index contributed by atoms with van der Waals surface area (Å²) in [6.07, 6.45) is 0. The predicted molar refractivity (Wildman–Crippen MR) is 94.0 cm³/mol. The van der Waals surface area contributed by atoms with Gasteiger partial charge in [-0.3, -0.25) is 0 Å². The molecule has 108 valence electrons. The van der Waals surface area contributed by atoms with E-state index in [1.807, 2.05) is 0 Å². The number of fused-ring (bicyclic) bond motifs is 1. The molecule has 0 atom stereocenters. The van der Waals surface area contributed by atoms with Crippen LogP contribution in [0, 0.1) is 27.7 Å². The fourth-order valence-corrected chi connectivity index (χ4v) is 3.89. The summed E-state index contributed by atoms with van der Waals surface area (Å²) >= 11 is 0. The van der Waals surface area contributed by atoms with Crippen molar-refractivity contribution in [1.82, 2.24) is 0 Å². The van der Waals surface area contributed by atoms with E-state index in [1.54, 1.807) is 0 Å². The molecule has 3 rings (SSSR count). The van der Waals surface area contributed by atoms with Crippen molar-refractivity contribution < 1.29 is 0 Å². The quantitative estimate of drug-likeness (QED) is 0.739. The van der Waals surface area contributed by atoms with Crippen LogP contribution in [0.4, 0.5) is 11.4 Å². The molecule has 0 unspecified atom stereocenters. The van der Waals surface area contributed by atoms with Gasteiger partial charge < -0.3 is 9.62 Å². The van der Waals surface area contributed by atoms with Crippen molar-refractivity contribution in [1.29, 1.82) is 0 Å². The molecule has 0 aromatic heterocycles. The van der Waals surface area contributed by atoms with Gasteiger partial charge in [-0.15, -0.1) is 0 Å². The van der Waals surface area contributed by atoms with E-state index in [1.165, 1.54) is 39.1 Å². The number of benzene rings is 2. The Bertz CT molecular complexity index is 685. The number of para-hydroxylation sites is 1. The van der Waals surface area contributed by atoms with Crippen molar-refractivity contribution in [3.8, 4) is 0 Å². The van der Waals surface area contributed by atoms with Crippen LogP contribution >= 0.6 is 0 Å². The Morgan fingerprint density at radius 2 is 1.43 bits per heavy atom. The van der Waals surface area contributed by atoms with E-state index in [2.05, 4.69) is 81.7 Å². The molecule has 0 amide bonds. The molecular formula is C18H23BN2. The van der Waals surface area contributed by atoms with Gasteiger partial charge in [0.2, 0.25) is 0 Å². The van der Waals surface area contributed by atoms with Gasteiger partial charge in [0.1, 0.15) is 0 Å². The highest BCUT2D eigenvalue weighted by Crippen LogP contribution is 2.38. The summed E-state index contributed by atoms with van der Waals surface area (Å²) in [5.41, 5.74) is 9.54. The van der Waals surface area contributed by atoms with Gasteiger partial charge in [0.15, 0.2) is 0 Å². The lowest BCUT2D eigenvalue weighted by Crippen LogP contribution is -2.55. The van der Waals surface area contributed by atoms with E-state index in [-0.39, 0.29) is 6.98 Å². The minimum Gasteiger partial charge on any atom is -0.393 e. The lowest BCUT2D eigenvalue weighted by atomic mass is 9.62. The Hall–Kier alpha value is -1.90. The van der Waals surface area contributed by atoms with Crippen molar-refractivity contribution in [2.75, 3.05) is 23.7 Å². The molecule has 0 spiro atoms. The number of anilines is 2. The highest BCUT2D eigenvalue weighted by molar-refractivity contribution is 6.82. The van der Waals surface area contributed by atoms with Gasteiger partial charge in [-0.1, -0.05) is 41.0 Å². The van der Waals surface area contributed by atoms with Crippen LogP contribution in [0.5, 0.6) is 0 Å². The summed E-state index contributed by atoms with van der Waals surface area (Å²) in [5, 5.41) is 0. The highest BCUT2D eigenvalue weighted by Gasteiger charge is 2.39. The first kappa shape index (κ1) is 14.1. The van der Waals surface area contributed by atoms with Crippen LogP contribution in [0.15, 0.2) is 30.3 Å². The molecule has 0 saturated carbocycles. The van der Waals surface area contributed by atoms with Gasteiger partial charge in [-0.25, -0.2) is 0 Å². The molecule has 0 N–H and O–H groups in total. The number of nitrogens with zero attached hydrogens (tertiary/aromatic N) is 2. The van der Waals surface area contributed by atoms with E-state index in [0.29, 0.717) is 0 Å². The van der Waals surface area contributed by atoms with E-state index in [0.717, 1.165) is 0 Å². The van der Waals surface area contributed by atoms with Crippen LogP contribution in [-0.4, -0.2) is 21.1 Å². The predicted octanol–water partition coefficient (Wildman–Crippen LogP) is 3.20. The molecule has 0 aliphatic carbocycles. The second kappa shape index (κ2) is 4.83. The molecule has 0 fully saturated rings. The Kier molecular flexibility index (Phi) is 3.24. The van der Waals surface area contributed by atoms with Crippen LogP contribution in [0.1, 0.15) is 22.3 Å². The Morgan fingerprint density at radius 1 is 0.810 bits per heavy atom. The number of hydrogen-bond acceptors (Lipinski definition) is 2. The molecule has 2 nitrogen and oxygen atoms in total. The molecule has 3 heteroatoms. The largest absolute Gasteiger partial charge is 0.411 e. The molecule has 2 aromatic rings. The van der Waals surface area contributed by atoms with Gasteiger partial charge in [-0.05, 0) is 58.9 Å². The van der Waals surface area contributed by atoms with E-state index in [4.69, 9.17) is 0 Å². The molecule has 0 bridgehead atoms. The van der Waals surface area contributed by atoms with Crippen LogP contribution in [0.3, 0.4) is 0 Å². The van der Waals surface area contributed by atoms with Crippen LogP contribution < -0.4 is 15.1 Å². The zero-order chi connectivity index (χ0) is 15.3. The van der Waals surface area contributed by atoms with E-state index < -0.39 is 0 Å². The highest BCUT2D eigenvalue weighted by atomic mass is 15.3. The molecule has 2 aromatic carbocycles.